The predicted molar refractivity (Wildman–Crippen MR) is 64.4 cm³/mol. The molecule has 94 valence electrons. The summed E-state index contributed by atoms with van der Waals surface area (Å²) in [6, 6.07) is 8.56. The van der Waals surface area contributed by atoms with E-state index in [4.69, 9.17) is 10.3 Å². The molecule has 0 fully saturated rings. The number of amides is 1. The van der Waals surface area contributed by atoms with Crippen LogP contribution in [0.15, 0.2) is 41.2 Å². The zero-order valence-corrected chi connectivity index (χ0v) is 9.74. The molecule has 3 N–H and O–H groups in total. The van der Waals surface area contributed by atoms with E-state index < -0.39 is 6.04 Å². The van der Waals surface area contributed by atoms with Crippen LogP contribution in [0.2, 0.25) is 0 Å². The molecule has 1 atom stereocenters. The first-order valence-electron chi connectivity index (χ1n) is 5.61. The molecule has 2 rings (SSSR count). The summed E-state index contributed by atoms with van der Waals surface area (Å²) in [5.74, 6) is 0.268. The van der Waals surface area contributed by atoms with E-state index >= 15 is 0 Å². The summed E-state index contributed by atoms with van der Waals surface area (Å²) < 4.78 is 4.82. The normalized spacial score (nSPS) is 12.1. The predicted octanol–water partition coefficient (Wildman–Crippen LogP) is 0.428. The molecular formula is C12H14N4O2. The van der Waals surface area contributed by atoms with Gasteiger partial charge in [-0.15, -0.1) is 0 Å². The lowest BCUT2D eigenvalue weighted by Gasteiger charge is -2.11. The Bertz CT molecular complexity index is 484. The average molecular weight is 246 g/mol. The number of benzene rings is 1. The highest BCUT2D eigenvalue weighted by molar-refractivity contribution is 5.82. The Morgan fingerprint density at radius 3 is 2.83 bits per heavy atom. The molecule has 2 aromatic rings. The first kappa shape index (κ1) is 12.3. The molecule has 6 heteroatoms. The van der Waals surface area contributed by atoms with Gasteiger partial charge >= 0.3 is 0 Å². The molecule has 0 aliphatic carbocycles. The summed E-state index contributed by atoms with van der Waals surface area (Å²) in [6.07, 6.45) is 1.82. The maximum atomic E-state index is 11.8. The second-order valence-electron chi connectivity index (χ2n) is 3.76. The van der Waals surface area contributed by atoms with Gasteiger partial charge in [0.15, 0.2) is 6.33 Å². The number of aromatic nitrogens is 2. The second-order valence-corrected chi connectivity index (χ2v) is 3.76. The van der Waals surface area contributed by atoms with Gasteiger partial charge in [0.05, 0.1) is 0 Å². The fraction of sp³-hybridized carbons (Fsp3) is 0.250. The van der Waals surface area contributed by atoms with Crippen LogP contribution in [0.5, 0.6) is 0 Å². The molecule has 1 aromatic heterocycles. The van der Waals surface area contributed by atoms with Crippen molar-refractivity contribution in [3.05, 3.63) is 48.1 Å². The quantitative estimate of drug-likeness (QED) is 0.797. The fourth-order valence-corrected chi connectivity index (χ4v) is 1.52. The first-order valence-corrected chi connectivity index (χ1v) is 5.61. The Morgan fingerprint density at radius 2 is 2.17 bits per heavy atom. The Kier molecular flexibility index (Phi) is 4.03. The number of nitrogens with two attached hydrogens (primary N) is 1. The van der Waals surface area contributed by atoms with E-state index in [1.165, 1.54) is 6.33 Å². The molecule has 18 heavy (non-hydrogen) atoms. The Labute approximate surface area is 104 Å². The summed E-state index contributed by atoms with van der Waals surface area (Å²) in [7, 11) is 0. The van der Waals surface area contributed by atoms with Crippen LogP contribution in [0, 0.1) is 0 Å². The van der Waals surface area contributed by atoms with E-state index in [2.05, 4.69) is 15.5 Å². The van der Waals surface area contributed by atoms with Gasteiger partial charge in [-0.25, -0.2) is 0 Å². The van der Waals surface area contributed by atoms with Crippen molar-refractivity contribution < 1.29 is 9.32 Å². The molecular weight excluding hydrogens is 232 g/mol. The summed E-state index contributed by atoms with van der Waals surface area (Å²) in [6.45, 7) is 0.418. The van der Waals surface area contributed by atoms with Crippen LogP contribution in [-0.2, 0) is 11.2 Å². The van der Waals surface area contributed by atoms with Crippen LogP contribution in [-0.4, -0.2) is 22.6 Å². The lowest BCUT2D eigenvalue weighted by molar-refractivity contribution is -0.122. The second kappa shape index (κ2) is 5.92. The van der Waals surface area contributed by atoms with Crippen LogP contribution in [0.1, 0.15) is 17.5 Å². The van der Waals surface area contributed by atoms with E-state index in [-0.39, 0.29) is 5.91 Å². The van der Waals surface area contributed by atoms with Crippen molar-refractivity contribution in [1.82, 2.24) is 15.5 Å². The van der Waals surface area contributed by atoms with Crippen LogP contribution in [0.3, 0.4) is 0 Å². The number of hydrogen-bond acceptors (Lipinski definition) is 5. The Hall–Kier alpha value is -2.21. The molecule has 0 aliphatic heterocycles. The zero-order valence-electron chi connectivity index (χ0n) is 9.74. The minimum absolute atomic E-state index is 0.222. The van der Waals surface area contributed by atoms with Gasteiger partial charge in [-0.2, -0.15) is 4.98 Å². The molecule has 1 aromatic carbocycles. The summed E-state index contributed by atoms with van der Waals surface area (Å²) in [4.78, 5) is 15.6. The number of carbonyl (C=O) groups is 1. The number of hydrogen-bond donors (Lipinski definition) is 2. The number of nitrogens with one attached hydrogen (secondary N) is 1. The largest absolute Gasteiger partial charge is 0.354 e. The molecule has 0 radical (unpaired) electrons. The standard InChI is InChI=1S/C12H14N4O2/c13-11(9-4-2-1-3-5-9)12(17)14-7-6-10-15-8-16-18-10/h1-5,8,11H,6-7,13H2,(H,14,17). The molecule has 0 saturated carbocycles. The third-order valence-electron chi connectivity index (χ3n) is 2.49. The van der Waals surface area contributed by atoms with Crippen molar-refractivity contribution in [3.8, 4) is 0 Å². The zero-order chi connectivity index (χ0) is 12.8. The maximum absolute atomic E-state index is 11.8. The van der Waals surface area contributed by atoms with Crippen molar-refractivity contribution in [2.24, 2.45) is 5.73 Å². The van der Waals surface area contributed by atoms with Gasteiger partial charge in [-0.05, 0) is 5.56 Å². The molecule has 0 aliphatic rings. The van der Waals surface area contributed by atoms with Gasteiger partial charge in [0.1, 0.15) is 6.04 Å². The number of nitrogens with zero attached hydrogens (tertiary/aromatic N) is 2. The van der Waals surface area contributed by atoms with Crippen LogP contribution >= 0.6 is 0 Å². The Balaban J connectivity index is 1.81. The van der Waals surface area contributed by atoms with E-state index in [9.17, 15) is 4.79 Å². The Morgan fingerprint density at radius 1 is 1.39 bits per heavy atom. The first-order chi connectivity index (χ1) is 8.77. The summed E-state index contributed by atoms with van der Waals surface area (Å²) >= 11 is 0. The molecule has 0 bridgehead atoms. The van der Waals surface area contributed by atoms with Gasteiger partial charge in [0.25, 0.3) is 0 Å². The average Bonchev–Trinajstić information content (AvgIpc) is 2.92. The van der Waals surface area contributed by atoms with Gasteiger partial charge in [0, 0.05) is 13.0 Å². The van der Waals surface area contributed by atoms with E-state index in [0.29, 0.717) is 18.9 Å². The minimum Gasteiger partial charge on any atom is -0.354 e. The van der Waals surface area contributed by atoms with Gasteiger partial charge in [0.2, 0.25) is 11.8 Å². The summed E-state index contributed by atoms with van der Waals surface area (Å²) in [5.41, 5.74) is 6.62. The van der Waals surface area contributed by atoms with Crippen molar-refractivity contribution in [2.75, 3.05) is 6.54 Å². The van der Waals surface area contributed by atoms with Crippen molar-refractivity contribution in [2.45, 2.75) is 12.5 Å². The molecule has 1 unspecified atom stereocenters. The maximum Gasteiger partial charge on any atom is 0.241 e. The third kappa shape index (κ3) is 3.14. The van der Waals surface area contributed by atoms with Crippen molar-refractivity contribution >= 4 is 5.91 Å². The van der Waals surface area contributed by atoms with Crippen molar-refractivity contribution in [3.63, 3.8) is 0 Å². The van der Waals surface area contributed by atoms with Crippen molar-refractivity contribution in [1.29, 1.82) is 0 Å². The fourth-order valence-electron chi connectivity index (χ4n) is 1.52. The lowest BCUT2D eigenvalue weighted by atomic mass is 10.1. The number of rotatable bonds is 5. The van der Waals surface area contributed by atoms with Gasteiger partial charge in [-0.1, -0.05) is 35.5 Å². The number of carbonyl (C=O) groups excluding carboxylic acids is 1. The van der Waals surface area contributed by atoms with E-state index in [1.54, 1.807) is 0 Å². The topological polar surface area (TPSA) is 94.0 Å². The lowest BCUT2D eigenvalue weighted by Crippen LogP contribution is -2.35. The molecule has 6 nitrogen and oxygen atoms in total. The van der Waals surface area contributed by atoms with Crippen LogP contribution < -0.4 is 11.1 Å². The molecule has 1 heterocycles. The van der Waals surface area contributed by atoms with E-state index in [1.807, 2.05) is 30.3 Å². The molecule has 0 saturated heterocycles. The summed E-state index contributed by atoms with van der Waals surface area (Å²) in [5, 5.41) is 6.21. The highest BCUT2D eigenvalue weighted by Crippen LogP contribution is 2.08. The van der Waals surface area contributed by atoms with Crippen LogP contribution in [0.4, 0.5) is 0 Å². The third-order valence-corrected chi connectivity index (χ3v) is 2.49. The minimum atomic E-state index is -0.658. The highest BCUT2D eigenvalue weighted by atomic mass is 16.5. The van der Waals surface area contributed by atoms with Gasteiger partial charge in [-0.3, -0.25) is 4.79 Å². The van der Waals surface area contributed by atoms with Crippen LogP contribution in [0.25, 0.3) is 0 Å². The molecule has 0 spiro atoms. The smallest absolute Gasteiger partial charge is 0.241 e. The van der Waals surface area contributed by atoms with E-state index in [0.717, 1.165) is 5.56 Å². The highest BCUT2D eigenvalue weighted by Gasteiger charge is 2.14. The monoisotopic (exact) mass is 246 g/mol. The van der Waals surface area contributed by atoms with Gasteiger partial charge < -0.3 is 15.6 Å². The SMILES string of the molecule is NC(C(=O)NCCc1ncno1)c1ccccc1. The molecule has 1 amide bonds.